The van der Waals surface area contributed by atoms with Crippen LogP contribution in [0.4, 0.5) is 13.2 Å². The van der Waals surface area contributed by atoms with Gasteiger partial charge >= 0.3 is 18.1 Å². The van der Waals surface area contributed by atoms with Crippen molar-refractivity contribution in [3.8, 4) is 0 Å². The van der Waals surface area contributed by atoms with Crippen LogP contribution in [-0.2, 0) is 22.7 Å². The highest BCUT2D eigenvalue weighted by Crippen LogP contribution is 2.39. The van der Waals surface area contributed by atoms with E-state index in [1.807, 2.05) is 36.4 Å². The van der Waals surface area contributed by atoms with Gasteiger partial charge in [-0.25, -0.2) is 0 Å². The van der Waals surface area contributed by atoms with E-state index in [2.05, 4.69) is 16.0 Å². The van der Waals surface area contributed by atoms with E-state index in [0.29, 0.717) is 6.54 Å². The van der Waals surface area contributed by atoms with E-state index in [1.54, 1.807) is 0 Å². The second-order valence-corrected chi connectivity index (χ2v) is 10.3. The average molecular weight is 566 g/mol. The van der Waals surface area contributed by atoms with Crippen LogP contribution in [0, 0.1) is 0 Å². The highest BCUT2D eigenvalue weighted by Gasteiger charge is 2.38. The third-order valence-electron chi connectivity index (χ3n) is 5.98. The Morgan fingerprint density at radius 2 is 1.59 bits per heavy atom. The van der Waals surface area contributed by atoms with Gasteiger partial charge in [0.15, 0.2) is 4.33 Å². The second-order valence-electron chi connectivity index (χ2n) is 8.87. The fraction of sp³-hybridized carbons (Fsp3) is 0.520. The Morgan fingerprint density at radius 1 is 1.05 bits per heavy atom. The maximum Gasteiger partial charge on any atom is 0.403 e. The summed E-state index contributed by atoms with van der Waals surface area (Å²) in [6.07, 6.45) is 0.880. The molecule has 7 nitrogen and oxygen atoms in total. The lowest BCUT2D eigenvalue weighted by Gasteiger charge is -2.35. The highest BCUT2D eigenvalue weighted by atomic mass is 35.5. The molecule has 1 aromatic carbocycles. The number of halogens is 5. The van der Waals surface area contributed by atoms with Crippen LogP contribution in [0.2, 0.25) is 0 Å². The Kier molecular flexibility index (Phi) is 11.9. The molecule has 3 rings (SSSR count). The summed E-state index contributed by atoms with van der Waals surface area (Å²) >= 11 is 13.1. The van der Waals surface area contributed by atoms with Crippen molar-refractivity contribution < 1.29 is 33.0 Å². The van der Waals surface area contributed by atoms with Gasteiger partial charge in [-0.3, -0.25) is 9.59 Å². The van der Waals surface area contributed by atoms with Gasteiger partial charge < -0.3 is 26.2 Å². The molecular formula is C25H32Cl2F3N3O4. The molecule has 0 spiro atoms. The van der Waals surface area contributed by atoms with Crippen LogP contribution < -0.4 is 16.0 Å². The van der Waals surface area contributed by atoms with Gasteiger partial charge in [0, 0.05) is 13.1 Å². The molecular weight excluding hydrogens is 534 g/mol. The van der Waals surface area contributed by atoms with Crippen molar-refractivity contribution in [2.45, 2.75) is 68.3 Å². The molecule has 0 amide bonds. The normalized spacial score (nSPS) is 19.8. The lowest BCUT2D eigenvalue weighted by molar-refractivity contribution is -0.151. The van der Waals surface area contributed by atoms with E-state index >= 15 is 0 Å². The number of carbonyl (C=O) groups is 2. The first-order chi connectivity index (χ1) is 17.3. The first-order valence-corrected chi connectivity index (χ1v) is 12.6. The molecule has 37 heavy (non-hydrogen) atoms. The van der Waals surface area contributed by atoms with E-state index in [-0.39, 0.29) is 25.4 Å². The summed E-state index contributed by atoms with van der Waals surface area (Å²) in [7, 11) is 0. The quantitative estimate of drug-likeness (QED) is 0.279. The SMILES string of the molecule is CC(NCc1ccc(CNC2C3=C(C=CC2(Cl)Cl)CCNCC3)cc1)C(F)(F)F.O=C(O)CCC(=O)O. The van der Waals surface area contributed by atoms with Gasteiger partial charge in [-0.2, -0.15) is 13.2 Å². The van der Waals surface area contributed by atoms with Crippen LogP contribution in [0.1, 0.15) is 43.7 Å². The Balaban J connectivity index is 0.000000521. The molecule has 0 bridgehead atoms. The Morgan fingerprint density at radius 3 is 2.14 bits per heavy atom. The molecule has 12 heteroatoms. The third-order valence-corrected chi connectivity index (χ3v) is 6.67. The number of benzene rings is 1. The minimum atomic E-state index is -4.24. The van der Waals surface area contributed by atoms with Crippen molar-refractivity contribution in [2.75, 3.05) is 13.1 Å². The molecule has 0 fully saturated rings. The molecule has 2 atom stereocenters. The van der Waals surface area contributed by atoms with Crippen LogP contribution >= 0.6 is 23.2 Å². The molecule has 1 aliphatic carbocycles. The van der Waals surface area contributed by atoms with Crippen molar-refractivity contribution >= 4 is 35.1 Å². The fourth-order valence-electron chi connectivity index (χ4n) is 3.81. The Bertz CT molecular complexity index is 968. The van der Waals surface area contributed by atoms with Crippen molar-refractivity contribution in [1.29, 1.82) is 0 Å². The average Bonchev–Trinajstić information content (AvgIpc) is 3.06. The second kappa shape index (κ2) is 14.2. The summed E-state index contributed by atoms with van der Waals surface area (Å²) in [6.45, 7) is 3.68. The van der Waals surface area contributed by atoms with Crippen molar-refractivity contribution in [3.05, 3.63) is 58.7 Å². The number of allylic oxidation sites excluding steroid dienone is 1. The monoisotopic (exact) mass is 565 g/mol. The lowest BCUT2D eigenvalue weighted by Crippen LogP contribution is -2.45. The van der Waals surface area contributed by atoms with Crippen LogP contribution in [0.15, 0.2) is 47.6 Å². The first kappa shape index (κ1) is 31.1. The van der Waals surface area contributed by atoms with Crippen LogP contribution in [0.25, 0.3) is 0 Å². The number of hydrogen-bond acceptors (Lipinski definition) is 5. The molecule has 2 aliphatic rings. The summed E-state index contributed by atoms with van der Waals surface area (Å²) in [4.78, 5) is 19.3. The summed E-state index contributed by atoms with van der Waals surface area (Å²) in [5, 5.41) is 25.2. The number of aliphatic carboxylic acids is 2. The summed E-state index contributed by atoms with van der Waals surface area (Å²) in [6, 6.07) is 5.77. The van der Waals surface area contributed by atoms with Gasteiger partial charge in [-0.15, -0.1) is 0 Å². The van der Waals surface area contributed by atoms with E-state index in [1.165, 1.54) is 11.1 Å². The summed E-state index contributed by atoms with van der Waals surface area (Å²) < 4.78 is 36.8. The minimum absolute atomic E-state index is 0.164. The maximum atomic E-state index is 12.6. The third kappa shape index (κ3) is 10.6. The molecule has 1 aromatic rings. The number of rotatable bonds is 9. The van der Waals surface area contributed by atoms with Crippen molar-refractivity contribution in [1.82, 2.24) is 16.0 Å². The number of alkyl halides is 5. The van der Waals surface area contributed by atoms with Gasteiger partial charge in [0.05, 0.1) is 18.9 Å². The molecule has 1 aliphatic heterocycles. The molecule has 206 valence electrons. The molecule has 5 N–H and O–H groups in total. The van der Waals surface area contributed by atoms with E-state index in [4.69, 9.17) is 33.4 Å². The van der Waals surface area contributed by atoms with Gasteiger partial charge in [0.2, 0.25) is 0 Å². The zero-order valence-corrected chi connectivity index (χ0v) is 21.9. The molecule has 0 aromatic heterocycles. The predicted octanol–water partition coefficient (Wildman–Crippen LogP) is 4.54. The molecule has 0 radical (unpaired) electrons. The van der Waals surface area contributed by atoms with E-state index in [0.717, 1.165) is 44.0 Å². The van der Waals surface area contributed by atoms with Gasteiger partial charge in [-0.05, 0) is 61.2 Å². The van der Waals surface area contributed by atoms with Crippen molar-refractivity contribution in [2.24, 2.45) is 0 Å². The number of carboxylic acid groups (broad SMARTS) is 2. The minimum Gasteiger partial charge on any atom is -0.481 e. The number of nitrogens with one attached hydrogen (secondary N) is 3. The summed E-state index contributed by atoms with van der Waals surface area (Å²) in [5.41, 5.74) is 4.34. The lowest BCUT2D eigenvalue weighted by atomic mass is 9.88. The van der Waals surface area contributed by atoms with Crippen LogP contribution in [0.3, 0.4) is 0 Å². The number of carboxylic acids is 2. The topological polar surface area (TPSA) is 111 Å². The molecule has 2 unspecified atom stereocenters. The van der Waals surface area contributed by atoms with Gasteiger partial charge in [0.1, 0.15) is 6.04 Å². The van der Waals surface area contributed by atoms with Crippen molar-refractivity contribution in [3.63, 3.8) is 0 Å². The smallest absolute Gasteiger partial charge is 0.403 e. The zero-order chi connectivity index (χ0) is 27.6. The zero-order valence-electron chi connectivity index (χ0n) is 20.4. The van der Waals surface area contributed by atoms with E-state index in [9.17, 15) is 22.8 Å². The Hall–Kier alpha value is -2.11. The molecule has 0 saturated carbocycles. The first-order valence-electron chi connectivity index (χ1n) is 11.8. The maximum absolute atomic E-state index is 12.6. The number of hydrogen-bond donors (Lipinski definition) is 5. The standard InChI is InChI=1S/C21H26Cl2F3N3.C4H6O4/c1-14(21(24,25)26)28-12-15-2-4-16(5-3-15)13-29-19-18-8-11-27-10-7-17(18)6-9-20(19,22)23;5-3(6)1-2-4(7)8/h2-6,9,14,19,27-29H,7-8,10-13H2,1H3;1-2H2,(H,5,6)(H,7,8). The predicted molar refractivity (Wildman–Crippen MR) is 137 cm³/mol. The fourth-order valence-corrected chi connectivity index (χ4v) is 4.35. The van der Waals surface area contributed by atoms with Crippen LogP contribution in [-0.4, -0.2) is 57.8 Å². The van der Waals surface area contributed by atoms with Gasteiger partial charge in [-0.1, -0.05) is 53.5 Å². The highest BCUT2D eigenvalue weighted by molar-refractivity contribution is 6.50. The molecule has 1 heterocycles. The largest absolute Gasteiger partial charge is 0.481 e. The summed E-state index contributed by atoms with van der Waals surface area (Å²) in [5.74, 6) is -2.15. The van der Waals surface area contributed by atoms with Gasteiger partial charge in [0.25, 0.3) is 0 Å². The molecule has 0 saturated heterocycles. The van der Waals surface area contributed by atoms with E-state index < -0.39 is 28.5 Å². The van der Waals surface area contributed by atoms with Crippen LogP contribution in [0.5, 0.6) is 0 Å². The Labute approximate surface area is 224 Å².